The van der Waals surface area contributed by atoms with Crippen LogP contribution in [-0.2, 0) is 13.2 Å². The summed E-state index contributed by atoms with van der Waals surface area (Å²) in [5.74, 6) is 0.904. The molecule has 0 saturated heterocycles. The van der Waals surface area contributed by atoms with Gasteiger partial charge in [-0.3, -0.25) is 4.90 Å². The number of ether oxygens (including phenoxy) is 1. The summed E-state index contributed by atoms with van der Waals surface area (Å²) in [5.41, 5.74) is 2.48. The van der Waals surface area contributed by atoms with Crippen molar-refractivity contribution >= 4 is 33.8 Å². The Morgan fingerprint density at radius 3 is 2.70 bits per heavy atom. The van der Waals surface area contributed by atoms with E-state index in [2.05, 4.69) is 52.9 Å². The van der Waals surface area contributed by atoms with Gasteiger partial charge in [-0.2, -0.15) is 0 Å². The van der Waals surface area contributed by atoms with E-state index in [0.29, 0.717) is 6.61 Å². The van der Waals surface area contributed by atoms with E-state index >= 15 is 0 Å². The molecule has 0 radical (unpaired) electrons. The first-order chi connectivity index (χ1) is 11.2. The summed E-state index contributed by atoms with van der Waals surface area (Å²) in [5, 5.41) is 0. The van der Waals surface area contributed by atoms with Crippen molar-refractivity contribution in [2.75, 3.05) is 13.7 Å². The molecule has 0 saturated carbocycles. The van der Waals surface area contributed by atoms with Crippen LogP contribution in [0.2, 0.25) is 0 Å². The molecule has 0 N–H and O–H groups in total. The van der Waals surface area contributed by atoms with Gasteiger partial charge in [0.1, 0.15) is 5.75 Å². The Morgan fingerprint density at radius 2 is 1.96 bits per heavy atom. The summed E-state index contributed by atoms with van der Waals surface area (Å²) in [6, 6.07) is 16.7. The van der Waals surface area contributed by atoms with E-state index < -0.39 is 0 Å². The second-order valence-electron chi connectivity index (χ2n) is 5.50. The lowest BCUT2D eigenvalue weighted by molar-refractivity contribution is 0.264. The first-order valence-corrected chi connectivity index (χ1v) is 8.88. The third-order valence-electron chi connectivity index (χ3n) is 3.63. The molecule has 3 aromatic rings. The highest BCUT2D eigenvalue weighted by molar-refractivity contribution is 7.73. The number of hydrogen-bond acceptors (Lipinski definition) is 4. The topological polar surface area (TPSA) is 17.4 Å². The molecule has 0 bridgehead atoms. The van der Waals surface area contributed by atoms with Gasteiger partial charge in [-0.1, -0.05) is 30.3 Å². The highest BCUT2D eigenvalue weighted by atomic mass is 32.1. The molecule has 1 aromatic heterocycles. The molecular weight excluding hydrogens is 324 g/mol. The molecule has 0 unspecified atom stereocenters. The molecule has 2 aromatic carbocycles. The zero-order valence-corrected chi connectivity index (χ0v) is 15.0. The third kappa shape index (κ3) is 3.80. The predicted octanol–water partition coefficient (Wildman–Crippen LogP) is 4.92. The minimum absolute atomic E-state index is 0.678. The SMILES string of the molecule is CCOc1ccc2c(c1)sc(=S)n2CN(C)Cc1ccccc1. The number of thiazole rings is 1. The lowest BCUT2D eigenvalue weighted by Crippen LogP contribution is -2.21. The van der Waals surface area contributed by atoms with Crippen molar-refractivity contribution in [3.63, 3.8) is 0 Å². The van der Waals surface area contributed by atoms with Gasteiger partial charge in [-0.25, -0.2) is 0 Å². The summed E-state index contributed by atoms with van der Waals surface area (Å²) in [7, 11) is 2.12. The highest BCUT2D eigenvalue weighted by Crippen LogP contribution is 2.27. The zero-order valence-electron chi connectivity index (χ0n) is 13.4. The molecule has 3 nitrogen and oxygen atoms in total. The quantitative estimate of drug-likeness (QED) is 0.591. The molecule has 0 atom stereocenters. The van der Waals surface area contributed by atoms with Crippen molar-refractivity contribution in [3.8, 4) is 5.75 Å². The van der Waals surface area contributed by atoms with Gasteiger partial charge in [0.15, 0.2) is 3.95 Å². The molecule has 0 fully saturated rings. The van der Waals surface area contributed by atoms with Crippen molar-refractivity contribution < 1.29 is 4.74 Å². The maximum atomic E-state index is 5.58. The summed E-state index contributed by atoms with van der Waals surface area (Å²) < 4.78 is 9.84. The Hall–Kier alpha value is -1.69. The van der Waals surface area contributed by atoms with E-state index in [1.807, 2.05) is 19.1 Å². The number of aromatic nitrogens is 1. The molecule has 0 aliphatic heterocycles. The molecule has 3 rings (SSSR count). The third-order valence-corrected chi connectivity index (χ3v) is 5.04. The molecule has 0 amide bonds. The van der Waals surface area contributed by atoms with Gasteiger partial charge in [-0.15, -0.1) is 11.3 Å². The Labute approximate surface area is 145 Å². The van der Waals surface area contributed by atoms with Gasteiger partial charge in [0.05, 0.1) is 23.5 Å². The summed E-state index contributed by atoms with van der Waals surface area (Å²) in [6.07, 6.45) is 0. The van der Waals surface area contributed by atoms with Crippen molar-refractivity contribution in [1.82, 2.24) is 9.47 Å². The van der Waals surface area contributed by atoms with E-state index in [1.54, 1.807) is 11.3 Å². The van der Waals surface area contributed by atoms with Crippen LogP contribution in [0.4, 0.5) is 0 Å². The molecule has 5 heteroatoms. The number of benzene rings is 2. The molecule has 23 heavy (non-hydrogen) atoms. The van der Waals surface area contributed by atoms with E-state index in [1.165, 1.54) is 15.8 Å². The van der Waals surface area contributed by atoms with Gasteiger partial charge in [0.25, 0.3) is 0 Å². The van der Waals surface area contributed by atoms with Crippen molar-refractivity contribution in [2.45, 2.75) is 20.1 Å². The smallest absolute Gasteiger partial charge is 0.163 e. The minimum Gasteiger partial charge on any atom is -0.494 e. The van der Waals surface area contributed by atoms with Crippen LogP contribution >= 0.6 is 23.6 Å². The Bertz CT molecular complexity index is 839. The van der Waals surface area contributed by atoms with Crippen LogP contribution < -0.4 is 4.74 Å². The maximum Gasteiger partial charge on any atom is 0.163 e. The van der Waals surface area contributed by atoms with Crippen molar-refractivity contribution in [3.05, 3.63) is 58.0 Å². The average molecular weight is 345 g/mol. The van der Waals surface area contributed by atoms with Crippen LogP contribution in [0.5, 0.6) is 5.75 Å². The molecule has 1 heterocycles. The Kier molecular flexibility index (Phi) is 5.10. The van der Waals surface area contributed by atoms with Gasteiger partial charge < -0.3 is 9.30 Å². The van der Waals surface area contributed by atoms with Gasteiger partial charge in [0, 0.05) is 6.54 Å². The number of fused-ring (bicyclic) bond motifs is 1. The summed E-state index contributed by atoms with van der Waals surface area (Å²) >= 11 is 7.20. The second kappa shape index (κ2) is 7.25. The van der Waals surface area contributed by atoms with Gasteiger partial charge in [-0.05, 0) is 50.0 Å². The summed E-state index contributed by atoms with van der Waals surface area (Å²) in [4.78, 5) is 2.27. The molecule has 0 spiro atoms. The maximum absolute atomic E-state index is 5.58. The van der Waals surface area contributed by atoms with Gasteiger partial charge >= 0.3 is 0 Å². The lowest BCUT2D eigenvalue weighted by Gasteiger charge is -2.18. The van der Waals surface area contributed by atoms with Crippen LogP contribution in [0.25, 0.3) is 10.2 Å². The molecule has 0 aliphatic rings. The largest absolute Gasteiger partial charge is 0.494 e. The van der Waals surface area contributed by atoms with Crippen LogP contribution in [-0.4, -0.2) is 23.1 Å². The van der Waals surface area contributed by atoms with Gasteiger partial charge in [0.2, 0.25) is 0 Å². The van der Waals surface area contributed by atoms with Crippen LogP contribution in [0.3, 0.4) is 0 Å². The van der Waals surface area contributed by atoms with E-state index in [-0.39, 0.29) is 0 Å². The first kappa shape index (κ1) is 16.2. The van der Waals surface area contributed by atoms with Crippen molar-refractivity contribution in [1.29, 1.82) is 0 Å². The Balaban J connectivity index is 1.82. The van der Waals surface area contributed by atoms with Crippen molar-refractivity contribution in [2.24, 2.45) is 0 Å². The standard InChI is InChI=1S/C18H20N2OS2/c1-3-21-15-9-10-16-17(11-15)23-18(22)20(16)13-19(2)12-14-7-5-4-6-8-14/h4-11H,3,12-13H2,1-2H3. The number of hydrogen-bond donors (Lipinski definition) is 0. The fraction of sp³-hybridized carbons (Fsp3) is 0.278. The lowest BCUT2D eigenvalue weighted by atomic mass is 10.2. The second-order valence-corrected chi connectivity index (χ2v) is 7.18. The van der Waals surface area contributed by atoms with Crippen LogP contribution in [0, 0.1) is 3.95 Å². The molecule has 0 aliphatic carbocycles. The number of nitrogens with zero attached hydrogens (tertiary/aromatic N) is 2. The highest BCUT2D eigenvalue weighted by Gasteiger charge is 2.09. The average Bonchev–Trinajstić information content (AvgIpc) is 2.84. The Morgan fingerprint density at radius 1 is 1.17 bits per heavy atom. The monoisotopic (exact) mass is 344 g/mol. The predicted molar refractivity (Wildman–Crippen MR) is 99.7 cm³/mol. The number of rotatable bonds is 6. The normalized spacial score (nSPS) is 11.3. The summed E-state index contributed by atoms with van der Waals surface area (Å²) in [6.45, 7) is 4.35. The van der Waals surface area contributed by atoms with E-state index in [9.17, 15) is 0 Å². The molecular formula is C18H20N2OS2. The zero-order chi connectivity index (χ0) is 16.2. The first-order valence-electron chi connectivity index (χ1n) is 7.66. The minimum atomic E-state index is 0.678. The molecule has 120 valence electrons. The fourth-order valence-electron chi connectivity index (χ4n) is 2.62. The van der Waals surface area contributed by atoms with E-state index in [4.69, 9.17) is 17.0 Å². The van der Waals surface area contributed by atoms with Crippen LogP contribution in [0.1, 0.15) is 12.5 Å². The fourth-order valence-corrected chi connectivity index (χ4v) is 3.96. The van der Waals surface area contributed by atoms with E-state index in [0.717, 1.165) is 22.9 Å². The van der Waals surface area contributed by atoms with Crippen LogP contribution in [0.15, 0.2) is 48.5 Å².